The summed E-state index contributed by atoms with van der Waals surface area (Å²) in [7, 11) is 0. The van der Waals surface area contributed by atoms with Crippen LogP contribution >= 0.6 is 11.3 Å². The molecule has 2 N–H and O–H groups in total. The summed E-state index contributed by atoms with van der Waals surface area (Å²) in [5, 5.41) is 24.6. The monoisotopic (exact) mass is 489 g/mol. The van der Waals surface area contributed by atoms with Crippen molar-refractivity contribution < 1.29 is 15.0 Å². The Bertz CT molecular complexity index is 1180. The van der Waals surface area contributed by atoms with Crippen LogP contribution in [0, 0.1) is 17.3 Å². The Balaban J connectivity index is 1.46. The van der Waals surface area contributed by atoms with Crippen LogP contribution in [0.1, 0.15) is 76.2 Å². The van der Waals surface area contributed by atoms with Crippen molar-refractivity contribution in [2.24, 2.45) is 17.3 Å². The van der Waals surface area contributed by atoms with Crippen molar-refractivity contribution in [2.75, 3.05) is 6.61 Å². The van der Waals surface area contributed by atoms with Crippen molar-refractivity contribution in [3.05, 3.63) is 64.2 Å². The Morgan fingerprint density at radius 1 is 1.14 bits per heavy atom. The number of fused-ring (bicyclic) bond motifs is 4. The number of rotatable bonds is 5. The summed E-state index contributed by atoms with van der Waals surface area (Å²) < 4.78 is 0. The van der Waals surface area contributed by atoms with Gasteiger partial charge >= 0.3 is 0 Å². The Hall–Kier alpha value is -2.08. The zero-order valence-corrected chi connectivity index (χ0v) is 21.3. The summed E-state index contributed by atoms with van der Waals surface area (Å²) in [4.78, 5) is 16.7. The number of hydrogen-bond donors (Lipinski definition) is 2. The molecule has 6 rings (SSSR count). The maximum Gasteiger partial charge on any atom is 0.156 e. The van der Waals surface area contributed by atoms with E-state index in [2.05, 4.69) is 36.2 Å². The van der Waals surface area contributed by atoms with Crippen molar-refractivity contribution in [3.63, 3.8) is 0 Å². The van der Waals surface area contributed by atoms with Gasteiger partial charge in [0.25, 0.3) is 0 Å². The fourth-order valence-electron chi connectivity index (χ4n) is 8.06. The van der Waals surface area contributed by atoms with Gasteiger partial charge in [-0.2, -0.15) is 0 Å². The minimum absolute atomic E-state index is 0.131. The van der Waals surface area contributed by atoms with Gasteiger partial charge < -0.3 is 10.2 Å². The van der Waals surface area contributed by atoms with E-state index in [1.165, 1.54) is 16.7 Å². The maximum atomic E-state index is 12.2. The van der Waals surface area contributed by atoms with Gasteiger partial charge in [0, 0.05) is 41.5 Å². The van der Waals surface area contributed by atoms with Crippen LogP contribution in [-0.4, -0.2) is 33.2 Å². The summed E-state index contributed by atoms with van der Waals surface area (Å²) in [6.45, 7) is 2.46. The average Bonchev–Trinajstić information content (AvgIpc) is 3.49. The van der Waals surface area contributed by atoms with Crippen LogP contribution in [0.2, 0.25) is 0 Å². The van der Waals surface area contributed by atoms with Gasteiger partial charge in [0.2, 0.25) is 0 Å². The van der Waals surface area contributed by atoms with Crippen molar-refractivity contribution in [1.82, 2.24) is 4.98 Å². The first kappa shape index (κ1) is 23.3. The minimum atomic E-state index is -0.728. The van der Waals surface area contributed by atoms with E-state index in [1.54, 1.807) is 16.9 Å². The highest BCUT2D eigenvalue weighted by Crippen LogP contribution is 2.67. The zero-order valence-electron chi connectivity index (χ0n) is 20.5. The Morgan fingerprint density at radius 2 is 1.97 bits per heavy atom. The molecule has 0 aliphatic heterocycles. The molecule has 1 heterocycles. The molecule has 4 nitrogen and oxygen atoms in total. The van der Waals surface area contributed by atoms with Crippen molar-refractivity contribution in [2.45, 2.75) is 76.2 Å². The number of aromatic nitrogens is 1. The molecule has 1 aromatic heterocycles. The predicted molar refractivity (Wildman–Crippen MR) is 139 cm³/mol. The third kappa shape index (κ3) is 3.70. The second-order valence-electron chi connectivity index (χ2n) is 11.4. The highest BCUT2D eigenvalue weighted by Gasteiger charge is 2.62. The third-order valence-electron chi connectivity index (χ3n) is 9.80. The lowest BCUT2D eigenvalue weighted by molar-refractivity contribution is -0.114. The summed E-state index contributed by atoms with van der Waals surface area (Å²) in [6, 6.07) is 8.92. The molecule has 4 aliphatic carbocycles. The molecule has 2 saturated carbocycles. The molecule has 5 heteroatoms. The lowest BCUT2D eigenvalue weighted by atomic mass is 9.51. The molecule has 2 fully saturated rings. The maximum absolute atomic E-state index is 12.2. The van der Waals surface area contributed by atoms with Gasteiger partial charge in [-0.1, -0.05) is 36.8 Å². The Kier molecular flexibility index (Phi) is 5.86. The topological polar surface area (TPSA) is 70.4 Å². The van der Waals surface area contributed by atoms with E-state index in [4.69, 9.17) is 0 Å². The normalized spacial score (nSPS) is 34.3. The molecule has 0 spiro atoms. The second-order valence-corrected chi connectivity index (χ2v) is 12.2. The highest BCUT2D eigenvalue weighted by molar-refractivity contribution is 7.13. The molecule has 0 radical (unpaired) electrons. The molecule has 4 aliphatic rings. The van der Waals surface area contributed by atoms with E-state index >= 15 is 0 Å². The van der Waals surface area contributed by atoms with Crippen LogP contribution in [0.4, 0.5) is 0 Å². The lowest BCUT2D eigenvalue weighted by Crippen LogP contribution is -2.51. The van der Waals surface area contributed by atoms with E-state index in [0.29, 0.717) is 31.1 Å². The molecule has 5 atom stereocenters. The number of aliphatic hydroxyl groups excluding tert-OH is 1. The third-order valence-corrected chi connectivity index (χ3v) is 10.6. The first-order chi connectivity index (χ1) is 16.9. The summed E-state index contributed by atoms with van der Waals surface area (Å²) >= 11 is 1.66. The molecule has 0 amide bonds. The first-order valence-electron chi connectivity index (χ1n) is 13.2. The second kappa shape index (κ2) is 8.79. The van der Waals surface area contributed by atoms with Gasteiger partial charge in [-0.05, 0) is 86.0 Å². The average molecular weight is 490 g/mol. The zero-order chi connectivity index (χ0) is 24.2. The van der Waals surface area contributed by atoms with E-state index < -0.39 is 5.60 Å². The lowest BCUT2D eigenvalue weighted by Gasteiger charge is -2.55. The summed E-state index contributed by atoms with van der Waals surface area (Å²) in [5.41, 5.74) is 5.83. The number of benzene rings is 1. The quantitative estimate of drug-likeness (QED) is 0.524. The molecule has 0 bridgehead atoms. The molecule has 0 saturated heterocycles. The highest BCUT2D eigenvalue weighted by atomic mass is 32.1. The Morgan fingerprint density at radius 3 is 2.71 bits per heavy atom. The molecule has 1 aromatic carbocycles. The number of carbonyl (C=O) groups excluding carboxylic acids is 1. The van der Waals surface area contributed by atoms with Crippen LogP contribution in [0.25, 0.3) is 10.6 Å². The first-order valence-corrected chi connectivity index (χ1v) is 14.1. The van der Waals surface area contributed by atoms with E-state index in [-0.39, 0.29) is 23.7 Å². The number of ketones is 1. The van der Waals surface area contributed by atoms with Crippen LogP contribution < -0.4 is 0 Å². The molecule has 2 aromatic rings. The van der Waals surface area contributed by atoms with E-state index in [0.717, 1.165) is 49.1 Å². The van der Waals surface area contributed by atoms with Crippen molar-refractivity contribution in [1.29, 1.82) is 0 Å². The molecule has 35 heavy (non-hydrogen) atoms. The fraction of sp³-hybridized carbons (Fsp3) is 0.533. The number of carbonyl (C=O) groups is 1. The number of allylic oxidation sites excluding steroid dienone is 4. The molecule has 0 unspecified atom stereocenters. The van der Waals surface area contributed by atoms with Gasteiger partial charge in [-0.15, -0.1) is 11.3 Å². The number of thiazole rings is 1. The van der Waals surface area contributed by atoms with Gasteiger partial charge in [0.05, 0.1) is 5.60 Å². The van der Waals surface area contributed by atoms with E-state index in [1.807, 2.05) is 17.7 Å². The van der Waals surface area contributed by atoms with Gasteiger partial charge in [-0.25, -0.2) is 4.98 Å². The Labute approximate surface area is 211 Å². The van der Waals surface area contributed by atoms with Crippen molar-refractivity contribution >= 4 is 17.1 Å². The SMILES string of the molecule is C[C@@]12C[C@H](c3ccc(-c4nccs4)cc3)C3=C4CCC(=O)C=C4CC[C@H]3[C@@H]1CC[C@@]2(O)CCCO. The van der Waals surface area contributed by atoms with Crippen LogP contribution in [-0.2, 0) is 4.79 Å². The molecule has 184 valence electrons. The smallest absolute Gasteiger partial charge is 0.156 e. The van der Waals surface area contributed by atoms with Crippen molar-refractivity contribution in [3.8, 4) is 10.6 Å². The van der Waals surface area contributed by atoms with Gasteiger partial charge in [0.1, 0.15) is 5.01 Å². The number of nitrogens with zero attached hydrogens (tertiary/aromatic N) is 1. The van der Waals surface area contributed by atoms with Gasteiger partial charge in [0.15, 0.2) is 5.78 Å². The summed E-state index contributed by atoms with van der Waals surface area (Å²) in [6.07, 6.45) is 11.4. The summed E-state index contributed by atoms with van der Waals surface area (Å²) in [5.74, 6) is 1.43. The van der Waals surface area contributed by atoms with Crippen LogP contribution in [0.15, 0.2) is 58.6 Å². The standard InChI is InChI=1S/C30H35NO3S/c1-29-18-25(19-3-5-20(6-4-19)28-31-14-16-35-28)27-23-10-8-22(33)17-21(23)7-9-24(27)26(29)11-13-30(29,34)12-2-15-32/h3-6,14,16-17,24-26,32,34H,2,7-13,15,18H2,1H3/t24-,25+,26-,29+,30-/m0/s1. The minimum Gasteiger partial charge on any atom is -0.396 e. The molecular formula is C30H35NO3S. The van der Waals surface area contributed by atoms with Crippen LogP contribution in [0.3, 0.4) is 0 Å². The molecular weight excluding hydrogens is 454 g/mol. The number of hydrogen-bond acceptors (Lipinski definition) is 5. The van der Waals surface area contributed by atoms with E-state index in [9.17, 15) is 15.0 Å². The number of aliphatic hydroxyl groups is 2. The fourth-order valence-corrected chi connectivity index (χ4v) is 8.70. The van der Waals surface area contributed by atoms with Crippen LogP contribution in [0.5, 0.6) is 0 Å². The van der Waals surface area contributed by atoms with Gasteiger partial charge in [-0.3, -0.25) is 4.79 Å². The predicted octanol–water partition coefficient (Wildman–Crippen LogP) is 6.21. The largest absolute Gasteiger partial charge is 0.396 e.